The number of rotatable bonds is 17. The fourth-order valence-electron chi connectivity index (χ4n) is 10.3. The molecule has 436 valence electrons. The number of aromatic nitrogens is 4. The minimum absolute atomic E-state index is 0.791. The summed E-state index contributed by atoms with van der Waals surface area (Å²) in [5, 5.41) is 12.4. The number of nitrogens with two attached hydrogens (primary N) is 1. The molecular formula is C80H76N8. The van der Waals surface area contributed by atoms with Gasteiger partial charge >= 0.3 is 0 Å². The van der Waals surface area contributed by atoms with Crippen LogP contribution in [0.2, 0.25) is 0 Å². The molecule has 0 radical (unpaired) electrons. The van der Waals surface area contributed by atoms with Crippen molar-refractivity contribution in [1.82, 2.24) is 19.5 Å². The molecule has 0 atom stereocenters. The third-order valence-electron chi connectivity index (χ3n) is 14.4. The Bertz CT molecular complexity index is 4170. The molecule has 4 aromatic heterocycles. The summed E-state index contributed by atoms with van der Waals surface area (Å²) in [7, 11) is 0. The van der Waals surface area contributed by atoms with Gasteiger partial charge in [0.15, 0.2) is 0 Å². The molecule has 0 spiro atoms. The van der Waals surface area contributed by atoms with E-state index in [4.69, 9.17) is 16.6 Å². The zero-order chi connectivity index (χ0) is 62.6. The van der Waals surface area contributed by atoms with Crippen LogP contribution in [0.15, 0.2) is 256 Å². The van der Waals surface area contributed by atoms with Crippen LogP contribution in [0.3, 0.4) is 0 Å². The molecule has 0 aliphatic heterocycles. The zero-order valence-electron chi connectivity index (χ0n) is 51.0. The average Bonchev–Trinajstić information content (AvgIpc) is 2.29. The Labute approximate surface area is 521 Å². The number of hydrogen-bond donors (Lipinski definition) is 4. The van der Waals surface area contributed by atoms with Crippen molar-refractivity contribution in [2.45, 2.75) is 47.5 Å². The van der Waals surface area contributed by atoms with Crippen LogP contribution < -0.4 is 10.6 Å². The Morgan fingerprint density at radius 3 is 1.88 bits per heavy atom. The standard InChI is InChI=1S/C70H58N6.2C3H5N.C2H6.C2H2/c1-4-6-7-18-59-40-58(61-41-62(48-73-47-61)67-29-8-9-36-74-67)32-33-68(59)75(5-2)63-27-12-23-54(42-63)55-24-13-28-64(43-55)76-69-30-14-25-56(51-20-10-19-50(38-51)49(3)17-16-35-71)44-65(69)66-45-57(26-15-31-70(66)76)52-21-11-22-53(39-52)60-34-37-72-46-60;2*1-2-3-4;2*1-2/h6-13,16-17,19-48,72H,4-5,18,71H2,1-3H3;2*2-4H,1H2;1-2H3;1-2H/b7-6-,35-16-,49-17+;;;;. The highest BCUT2D eigenvalue weighted by Gasteiger charge is 2.23. The maximum absolute atomic E-state index is 6.21. The van der Waals surface area contributed by atoms with Crippen LogP contribution in [0.1, 0.15) is 85.8 Å². The number of pyridine rings is 2. The SMILES string of the molecule is C#C.C=CC=N.C=CC=N.CC.CC/C=C\Cc1cc(-c2cncc(-c3ccccn3)c2)ccc1N(CC)c1cccc(-c2cccc(-n3c4c(c5c3C=C=CC(c3cccc(-c6cc[nH]c6)c3)=C5)C=C(c3cccc(/C(C)=C/C=C\N)c3)C=C=C4)c2)c1. The number of terminal acetylenes is 1. The van der Waals surface area contributed by atoms with Crippen molar-refractivity contribution < 1.29 is 0 Å². The lowest BCUT2D eigenvalue weighted by molar-refractivity contribution is 1.01. The van der Waals surface area contributed by atoms with Gasteiger partial charge in [-0.3, -0.25) is 9.97 Å². The van der Waals surface area contributed by atoms with Crippen LogP contribution in [0, 0.1) is 23.7 Å². The van der Waals surface area contributed by atoms with Gasteiger partial charge in [-0.25, -0.2) is 0 Å². The van der Waals surface area contributed by atoms with E-state index in [2.05, 4.69) is 259 Å². The molecule has 0 saturated heterocycles. The topological polar surface area (TPSA) is 123 Å². The molecule has 9 aromatic rings. The van der Waals surface area contributed by atoms with Gasteiger partial charge in [-0.05, 0) is 203 Å². The van der Waals surface area contributed by atoms with E-state index in [1.165, 1.54) is 23.4 Å². The number of allylic oxidation sites excluding steroid dienone is 11. The van der Waals surface area contributed by atoms with E-state index in [9.17, 15) is 0 Å². The Balaban J connectivity index is 0.000000853. The fourth-order valence-corrected chi connectivity index (χ4v) is 10.3. The Kier molecular flexibility index (Phi) is 24.3. The molecule has 4 heterocycles. The van der Waals surface area contributed by atoms with Crippen molar-refractivity contribution in [3.8, 4) is 63.2 Å². The maximum Gasteiger partial charge on any atom is 0.0717 e. The summed E-state index contributed by atoms with van der Waals surface area (Å²) in [5.74, 6) is 0. The molecule has 0 fully saturated rings. The molecule has 0 amide bonds. The molecule has 5 aromatic carbocycles. The van der Waals surface area contributed by atoms with Crippen molar-refractivity contribution in [2.24, 2.45) is 5.73 Å². The van der Waals surface area contributed by atoms with Crippen LogP contribution in [-0.4, -0.2) is 38.5 Å². The normalized spacial score (nSPS) is 11.7. The summed E-state index contributed by atoms with van der Waals surface area (Å²) in [6, 6.07) is 52.4. The average molecular weight is 1150 g/mol. The van der Waals surface area contributed by atoms with Crippen molar-refractivity contribution in [3.63, 3.8) is 0 Å². The largest absolute Gasteiger partial charge is 0.405 e. The molecule has 0 saturated carbocycles. The first-order valence-corrected chi connectivity index (χ1v) is 29.5. The quantitative estimate of drug-likeness (QED) is 0.0238. The van der Waals surface area contributed by atoms with Gasteiger partial charge in [0.1, 0.15) is 0 Å². The Hall–Kier alpha value is -11.3. The van der Waals surface area contributed by atoms with Crippen LogP contribution in [0.4, 0.5) is 11.4 Å². The van der Waals surface area contributed by atoms with Crippen LogP contribution >= 0.6 is 0 Å². The van der Waals surface area contributed by atoms with E-state index in [0.29, 0.717) is 0 Å². The first-order valence-electron chi connectivity index (χ1n) is 29.5. The molecule has 0 unspecified atom stereocenters. The van der Waals surface area contributed by atoms with Crippen molar-refractivity contribution >= 4 is 64.8 Å². The van der Waals surface area contributed by atoms with Crippen LogP contribution in [0.25, 0.3) is 91.3 Å². The van der Waals surface area contributed by atoms with Crippen LogP contribution in [-0.2, 0) is 6.42 Å². The number of fused-ring (bicyclic) bond motifs is 3. The fraction of sp³-hybridized carbons (Fsp3) is 0.100. The van der Waals surface area contributed by atoms with Gasteiger partial charge in [-0.1, -0.05) is 137 Å². The van der Waals surface area contributed by atoms with Gasteiger partial charge in [0.2, 0.25) is 0 Å². The van der Waals surface area contributed by atoms with E-state index in [-0.39, 0.29) is 0 Å². The number of aromatic amines is 1. The van der Waals surface area contributed by atoms with Gasteiger partial charge in [0, 0.05) is 101 Å². The lowest BCUT2D eigenvalue weighted by atomic mass is 9.95. The molecule has 88 heavy (non-hydrogen) atoms. The molecule has 8 nitrogen and oxygen atoms in total. The first kappa shape index (κ1) is 64.2. The lowest BCUT2D eigenvalue weighted by Crippen LogP contribution is -2.17. The van der Waals surface area contributed by atoms with Gasteiger partial charge < -0.3 is 31.0 Å². The summed E-state index contributed by atoms with van der Waals surface area (Å²) < 4.78 is 2.37. The highest BCUT2D eigenvalue weighted by atomic mass is 15.1. The van der Waals surface area contributed by atoms with Gasteiger partial charge in [0.25, 0.3) is 0 Å². The Morgan fingerprint density at radius 1 is 0.648 bits per heavy atom. The predicted molar refractivity (Wildman–Crippen MR) is 380 cm³/mol. The molecule has 2 aliphatic carbocycles. The molecule has 5 N–H and O–H groups in total. The molecule has 11 rings (SSSR count). The highest BCUT2D eigenvalue weighted by Crippen LogP contribution is 2.41. The first-order chi connectivity index (χ1) is 43.3. The van der Waals surface area contributed by atoms with Crippen molar-refractivity contribution in [2.75, 3.05) is 11.4 Å². The van der Waals surface area contributed by atoms with Gasteiger partial charge in [-0.2, -0.15) is 0 Å². The second kappa shape index (κ2) is 33.2. The lowest BCUT2D eigenvalue weighted by Gasteiger charge is -2.27. The number of H-pyrrole nitrogens is 1. The highest BCUT2D eigenvalue weighted by molar-refractivity contribution is 6.00. The predicted octanol–water partition coefficient (Wildman–Crippen LogP) is 20.2. The summed E-state index contributed by atoms with van der Waals surface area (Å²) in [6.07, 6.45) is 47.7. The third kappa shape index (κ3) is 15.9. The molecular weight excluding hydrogens is 1070 g/mol. The van der Waals surface area contributed by atoms with E-state index in [1.54, 1.807) is 6.20 Å². The second-order valence-electron chi connectivity index (χ2n) is 19.8. The number of benzene rings is 5. The van der Waals surface area contributed by atoms with Crippen LogP contribution in [0.5, 0.6) is 0 Å². The van der Waals surface area contributed by atoms with Gasteiger partial charge in [0.05, 0.1) is 17.1 Å². The minimum Gasteiger partial charge on any atom is -0.405 e. The molecule has 0 bridgehead atoms. The second-order valence-corrected chi connectivity index (χ2v) is 19.8. The Morgan fingerprint density at radius 2 is 1.25 bits per heavy atom. The zero-order valence-corrected chi connectivity index (χ0v) is 51.0. The van der Waals surface area contributed by atoms with E-state index < -0.39 is 0 Å². The van der Waals surface area contributed by atoms with Crippen molar-refractivity contribution in [1.29, 1.82) is 10.8 Å². The minimum atomic E-state index is 0.791. The number of nitrogens with zero attached hydrogens (tertiary/aromatic N) is 4. The maximum atomic E-state index is 6.21. The molecule has 8 heteroatoms. The summed E-state index contributed by atoms with van der Waals surface area (Å²) in [5.41, 5.74) is 37.1. The smallest absolute Gasteiger partial charge is 0.0717 e. The van der Waals surface area contributed by atoms with Gasteiger partial charge in [-0.15, -0.1) is 24.3 Å². The summed E-state index contributed by atoms with van der Waals surface area (Å²) >= 11 is 0. The van der Waals surface area contributed by atoms with Crippen molar-refractivity contribution in [3.05, 3.63) is 301 Å². The van der Waals surface area contributed by atoms with E-state index in [0.717, 1.165) is 144 Å². The summed E-state index contributed by atoms with van der Waals surface area (Å²) in [4.78, 5) is 14.9. The van der Waals surface area contributed by atoms with E-state index >= 15 is 0 Å². The van der Waals surface area contributed by atoms with E-state index in [1.807, 2.05) is 75.2 Å². The summed E-state index contributed by atoms with van der Waals surface area (Å²) in [6.45, 7) is 17.8. The monoisotopic (exact) mass is 1150 g/mol. The number of anilines is 2. The third-order valence-corrected chi connectivity index (χ3v) is 14.4. The molecule has 2 aliphatic rings. The number of hydrogen-bond acceptors (Lipinski definition) is 6. The number of nitrogens with one attached hydrogen (secondary N) is 3.